The lowest BCUT2D eigenvalue weighted by atomic mass is 9.65. The van der Waals surface area contributed by atoms with Crippen molar-refractivity contribution in [2.75, 3.05) is 0 Å². The van der Waals surface area contributed by atoms with Gasteiger partial charge in [-0.3, -0.25) is 0 Å². The molecule has 0 spiro atoms. The van der Waals surface area contributed by atoms with Crippen LogP contribution < -0.4 is 0 Å². The van der Waals surface area contributed by atoms with Gasteiger partial charge in [-0.15, -0.1) is 0 Å². The van der Waals surface area contributed by atoms with Crippen LogP contribution in [0.5, 0.6) is 0 Å². The molecule has 1 fully saturated rings. The third-order valence-corrected chi connectivity index (χ3v) is 3.22. The van der Waals surface area contributed by atoms with Crippen LogP contribution in [0.2, 0.25) is 0 Å². The molecular weight excluding hydrogens is 160 g/mol. The van der Waals surface area contributed by atoms with E-state index in [1.807, 2.05) is 0 Å². The summed E-state index contributed by atoms with van der Waals surface area (Å²) in [5.74, 6) is 0. The SMILES string of the molecule is CC1(C)CCC(C#N)(CC#N)CC1. The Morgan fingerprint density at radius 3 is 2.00 bits per heavy atom. The second kappa shape index (κ2) is 3.38. The van der Waals surface area contributed by atoms with Gasteiger partial charge in [-0.2, -0.15) is 10.5 Å². The molecule has 0 atom stereocenters. The van der Waals surface area contributed by atoms with Gasteiger partial charge in [0.1, 0.15) is 0 Å². The van der Waals surface area contributed by atoms with Gasteiger partial charge in [-0.1, -0.05) is 13.8 Å². The maximum Gasteiger partial charge on any atom is 0.0704 e. The van der Waals surface area contributed by atoms with Crippen LogP contribution in [0, 0.1) is 33.5 Å². The first-order valence-electron chi connectivity index (χ1n) is 4.82. The zero-order chi connectivity index (χ0) is 9.95. The van der Waals surface area contributed by atoms with Crippen molar-refractivity contribution in [3.63, 3.8) is 0 Å². The quantitative estimate of drug-likeness (QED) is 0.616. The molecule has 70 valence electrons. The smallest absolute Gasteiger partial charge is 0.0704 e. The summed E-state index contributed by atoms with van der Waals surface area (Å²) in [6, 6.07) is 4.47. The molecule has 1 aliphatic rings. The Kier molecular flexibility index (Phi) is 2.62. The van der Waals surface area contributed by atoms with Crippen LogP contribution >= 0.6 is 0 Å². The summed E-state index contributed by atoms with van der Waals surface area (Å²) in [7, 11) is 0. The largest absolute Gasteiger partial charge is 0.198 e. The van der Waals surface area contributed by atoms with Crippen LogP contribution in [0.4, 0.5) is 0 Å². The average molecular weight is 176 g/mol. The van der Waals surface area contributed by atoms with Gasteiger partial charge in [-0.05, 0) is 31.1 Å². The Balaban J connectivity index is 2.66. The van der Waals surface area contributed by atoms with Crippen LogP contribution in [0.1, 0.15) is 46.0 Å². The molecule has 0 aliphatic heterocycles. The first kappa shape index (κ1) is 10.1. The van der Waals surface area contributed by atoms with E-state index < -0.39 is 0 Å². The van der Waals surface area contributed by atoms with Crippen molar-refractivity contribution in [3.8, 4) is 12.1 Å². The fraction of sp³-hybridized carbons (Fsp3) is 0.818. The van der Waals surface area contributed by atoms with Gasteiger partial charge in [0.05, 0.1) is 24.0 Å². The third kappa shape index (κ3) is 2.22. The fourth-order valence-corrected chi connectivity index (χ4v) is 1.88. The van der Waals surface area contributed by atoms with E-state index in [0.29, 0.717) is 11.8 Å². The Bertz CT molecular complexity index is 255. The van der Waals surface area contributed by atoms with E-state index in [4.69, 9.17) is 10.5 Å². The van der Waals surface area contributed by atoms with E-state index in [1.54, 1.807) is 0 Å². The molecule has 0 radical (unpaired) electrons. The second-order valence-electron chi connectivity index (χ2n) is 4.89. The molecule has 2 nitrogen and oxygen atoms in total. The summed E-state index contributed by atoms with van der Waals surface area (Å²) >= 11 is 0. The molecule has 0 N–H and O–H groups in total. The molecule has 0 bridgehead atoms. The van der Waals surface area contributed by atoms with Gasteiger partial charge in [0.25, 0.3) is 0 Å². The zero-order valence-electron chi connectivity index (χ0n) is 8.43. The van der Waals surface area contributed by atoms with Crippen LogP contribution in [0.15, 0.2) is 0 Å². The number of nitriles is 2. The normalized spacial score (nSPS) is 24.3. The number of hydrogen-bond donors (Lipinski definition) is 0. The number of hydrogen-bond acceptors (Lipinski definition) is 2. The minimum absolute atomic E-state index is 0.329. The minimum atomic E-state index is -0.329. The van der Waals surface area contributed by atoms with Crippen molar-refractivity contribution in [3.05, 3.63) is 0 Å². The summed E-state index contributed by atoms with van der Waals surface area (Å²) in [5.41, 5.74) is 0.0417. The van der Waals surface area contributed by atoms with Gasteiger partial charge < -0.3 is 0 Å². The summed E-state index contributed by atoms with van der Waals surface area (Å²) in [5, 5.41) is 17.7. The molecule has 0 unspecified atom stereocenters. The molecule has 1 aliphatic carbocycles. The summed E-state index contributed by atoms with van der Waals surface area (Å²) < 4.78 is 0. The van der Waals surface area contributed by atoms with Crippen molar-refractivity contribution >= 4 is 0 Å². The van der Waals surface area contributed by atoms with E-state index >= 15 is 0 Å². The van der Waals surface area contributed by atoms with E-state index in [1.165, 1.54) is 0 Å². The molecule has 1 saturated carbocycles. The van der Waals surface area contributed by atoms with Crippen molar-refractivity contribution in [1.82, 2.24) is 0 Å². The van der Waals surface area contributed by atoms with Crippen molar-refractivity contribution < 1.29 is 0 Å². The average Bonchev–Trinajstić information content (AvgIpc) is 2.10. The molecular formula is C11H16N2. The van der Waals surface area contributed by atoms with Gasteiger partial charge in [-0.25, -0.2) is 0 Å². The Hall–Kier alpha value is -1.02. The van der Waals surface area contributed by atoms with Gasteiger partial charge in [0.15, 0.2) is 0 Å². The fourth-order valence-electron chi connectivity index (χ4n) is 1.88. The molecule has 0 aromatic rings. The highest BCUT2D eigenvalue weighted by Crippen LogP contribution is 2.46. The Labute approximate surface area is 80.2 Å². The van der Waals surface area contributed by atoms with Gasteiger partial charge in [0.2, 0.25) is 0 Å². The highest BCUT2D eigenvalue weighted by Gasteiger charge is 2.38. The maximum absolute atomic E-state index is 9.04. The van der Waals surface area contributed by atoms with Crippen molar-refractivity contribution in [2.45, 2.75) is 46.0 Å². The number of rotatable bonds is 1. The van der Waals surface area contributed by atoms with Crippen LogP contribution in [0.3, 0.4) is 0 Å². The van der Waals surface area contributed by atoms with Gasteiger partial charge >= 0.3 is 0 Å². The molecule has 2 heteroatoms. The first-order chi connectivity index (χ1) is 6.04. The standard InChI is InChI=1S/C11H16N2/c1-10(2)3-5-11(9-13,6-4-10)7-8-12/h3-7H2,1-2H3. The highest BCUT2D eigenvalue weighted by atomic mass is 14.4. The number of nitrogens with zero attached hydrogens (tertiary/aromatic N) is 2. The lowest BCUT2D eigenvalue weighted by Crippen LogP contribution is -2.29. The minimum Gasteiger partial charge on any atom is -0.198 e. The lowest BCUT2D eigenvalue weighted by molar-refractivity contribution is 0.149. The molecule has 0 saturated heterocycles. The van der Waals surface area contributed by atoms with Gasteiger partial charge in [0, 0.05) is 0 Å². The Morgan fingerprint density at radius 2 is 1.62 bits per heavy atom. The molecule has 13 heavy (non-hydrogen) atoms. The van der Waals surface area contributed by atoms with Crippen molar-refractivity contribution in [2.24, 2.45) is 10.8 Å². The van der Waals surface area contributed by atoms with E-state index in [-0.39, 0.29) is 5.41 Å². The molecule has 0 aromatic heterocycles. The summed E-state index contributed by atoms with van der Waals surface area (Å²) in [6.07, 6.45) is 4.33. The Morgan fingerprint density at radius 1 is 1.08 bits per heavy atom. The molecule has 0 amide bonds. The van der Waals surface area contributed by atoms with E-state index in [2.05, 4.69) is 26.0 Å². The van der Waals surface area contributed by atoms with Crippen molar-refractivity contribution in [1.29, 1.82) is 10.5 Å². The predicted molar refractivity (Wildman–Crippen MR) is 50.5 cm³/mol. The second-order valence-corrected chi connectivity index (χ2v) is 4.89. The maximum atomic E-state index is 9.04. The van der Waals surface area contributed by atoms with E-state index in [0.717, 1.165) is 25.7 Å². The molecule has 0 aromatic carbocycles. The topological polar surface area (TPSA) is 47.6 Å². The van der Waals surface area contributed by atoms with E-state index in [9.17, 15) is 0 Å². The lowest BCUT2D eigenvalue weighted by Gasteiger charge is -2.38. The monoisotopic (exact) mass is 176 g/mol. The molecule has 0 heterocycles. The summed E-state index contributed by atoms with van der Waals surface area (Å²) in [4.78, 5) is 0. The van der Waals surface area contributed by atoms with Crippen LogP contribution in [-0.2, 0) is 0 Å². The van der Waals surface area contributed by atoms with Crippen LogP contribution in [0.25, 0.3) is 0 Å². The highest BCUT2D eigenvalue weighted by molar-refractivity contribution is 5.06. The predicted octanol–water partition coefficient (Wildman–Crippen LogP) is 3.01. The summed E-state index contributed by atoms with van der Waals surface area (Å²) in [6.45, 7) is 4.47. The first-order valence-corrected chi connectivity index (χ1v) is 4.82. The van der Waals surface area contributed by atoms with Crippen LogP contribution in [-0.4, -0.2) is 0 Å². The zero-order valence-corrected chi connectivity index (χ0v) is 8.43. The molecule has 1 rings (SSSR count). The third-order valence-electron chi connectivity index (χ3n) is 3.22.